The first-order valence-electron chi connectivity index (χ1n) is 8.68. The van der Waals surface area contributed by atoms with Crippen molar-refractivity contribution in [2.24, 2.45) is 17.8 Å². The highest BCUT2D eigenvalue weighted by atomic mass is 14.9. The summed E-state index contributed by atoms with van der Waals surface area (Å²) in [5.41, 5.74) is 3.73. The third kappa shape index (κ3) is 4.54. The zero-order valence-corrected chi connectivity index (χ0v) is 14.4. The van der Waals surface area contributed by atoms with Gasteiger partial charge in [0, 0.05) is 17.4 Å². The Kier molecular flexibility index (Phi) is 5.80. The van der Waals surface area contributed by atoms with E-state index in [0.29, 0.717) is 6.04 Å². The fourth-order valence-corrected chi connectivity index (χ4v) is 4.18. The predicted molar refractivity (Wildman–Crippen MR) is 90.4 cm³/mol. The van der Waals surface area contributed by atoms with E-state index in [1.807, 2.05) is 0 Å². The monoisotopic (exact) mass is 288 g/mol. The topological polar surface area (TPSA) is 24.9 Å². The van der Waals surface area contributed by atoms with Crippen LogP contribution in [0.15, 0.2) is 12.1 Å². The van der Waals surface area contributed by atoms with Crippen LogP contribution >= 0.6 is 0 Å². The van der Waals surface area contributed by atoms with Gasteiger partial charge in [-0.2, -0.15) is 0 Å². The van der Waals surface area contributed by atoms with Crippen LogP contribution in [0.25, 0.3) is 0 Å². The van der Waals surface area contributed by atoms with Crippen molar-refractivity contribution >= 4 is 0 Å². The van der Waals surface area contributed by atoms with Gasteiger partial charge in [0.05, 0.1) is 0 Å². The first-order chi connectivity index (χ1) is 9.99. The molecule has 2 rings (SSSR count). The van der Waals surface area contributed by atoms with Crippen molar-refractivity contribution in [3.8, 4) is 0 Å². The highest BCUT2D eigenvalue weighted by molar-refractivity contribution is 5.24. The summed E-state index contributed by atoms with van der Waals surface area (Å²) in [6, 6.07) is 5.06. The van der Waals surface area contributed by atoms with E-state index in [1.54, 1.807) is 0 Å². The van der Waals surface area contributed by atoms with Crippen molar-refractivity contribution < 1.29 is 0 Å². The van der Waals surface area contributed by atoms with Gasteiger partial charge in [-0.3, -0.25) is 4.98 Å². The molecule has 0 bridgehead atoms. The molecule has 0 radical (unpaired) electrons. The standard InChI is InChI=1S/C19H32N2/c1-6-7-20-19(17-9-13(2)8-14(3)10-17)18-11-15(4)21-16(5)12-18/h11-14,17,19-20H,6-10H2,1-5H3. The molecular weight excluding hydrogens is 256 g/mol. The Balaban J connectivity index is 2.24. The maximum absolute atomic E-state index is 4.54. The van der Waals surface area contributed by atoms with Gasteiger partial charge in [0.25, 0.3) is 0 Å². The number of hydrogen-bond donors (Lipinski definition) is 1. The smallest absolute Gasteiger partial charge is 0.0379 e. The lowest BCUT2D eigenvalue weighted by molar-refractivity contribution is 0.176. The molecular formula is C19H32N2. The second kappa shape index (κ2) is 7.40. The van der Waals surface area contributed by atoms with Crippen molar-refractivity contribution in [2.75, 3.05) is 6.54 Å². The molecule has 1 aromatic heterocycles. The predicted octanol–water partition coefficient (Wildman–Crippen LogP) is 4.81. The first-order valence-corrected chi connectivity index (χ1v) is 8.68. The molecule has 2 heteroatoms. The minimum absolute atomic E-state index is 0.496. The summed E-state index contributed by atoms with van der Waals surface area (Å²) in [6.45, 7) is 12.4. The number of aromatic nitrogens is 1. The lowest BCUT2D eigenvalue weighted by Crippen LogP contribution is -2.34. The number of hydrogen-bond acceptors (Lipinski definition) is 2. The van der Waals surface area contributed by atoms with Gasteiger partial charge >= 0.3 is 0 Å². The van der Waals surface area contributed by atoms with E-state index in [2.05, 4.69) is 57.1 Å². The number of pyridine rings is 1. The lowest BCUT2D eigenvalue weighted by atomic mass is 9.72. The molecule has 1 heterocycles. The Labute approximate surface area is 130 Å². The Bertz CT molecular complexity index is 425. The van der Waals surface area contributed by atoms with Crippen LogP contribution in [-0.2, 0) is 0 Å². The van der Waals surface area contributed by atoms with Gasteiger partial charge in [0.2, 0.25) is 0 Å². The maximum atomic E-state index is 4.54. The average molecular weight is 288 g/mol. The fraction of sp³-hybridized carbons (Fsp3) is 0.737. The number of rotatable bonds is 5. The molecule has 21 heavy (non-hydrogen) atoms. The van der Waals surface area contributed by atoms with Crippen LogP contribution in [-0.4, -0.2) is 11.5 Å². The lowest BCUT2D eigenvalue weighted by Gasteiger charge is -2.37. The van der Waals surface area contributed by atoms with E-state index in [1.165, 1.54) is 31.2 Å². The molecule has 118 valence electrons. The molecule has 1 aliphatic carbocycles. The molecule has 1 N–H and O–H groups in total. The first kappa shape index (κ1) is 16.5. The zero-order valence-electron chi connectivity index (χ0n) is 14.4. The van der Waals surface area contributed by atoms with Crippen molar-refractivity contribution in [3.05, 3.63) is 29.1 Å². The van der Waals surface area contributed by atoms with Crippen LogP contribution in [0.3, 0.4) is 0 Å². The van der Waals surface area contributed by atoms with Gasteiger partial charge < -0.3 is 5.32 Å². The number of nitrogens with one attached hydrogen (secondary N) is 1. The van der Waals surface area contributed by atoms with Crippen LogP contribution in [0.5, 0.6) is 0 Å². The van der Waals surface area contributed by atoms with E-state index < -0.39 is 0 Å². The van der Waals surface area contributed by atoms with E-state index in [-0.39, 0.29) is 0 Å². The third-order valence-corrected chi connectivity index (χ3v) is 4.76. The highest BCUT2D eigenvalue weighted by Gasteiger charge is 2.30. The van der Waals surface area contributed by atoms with Gasteiger partial charge in [0.15, 0.2) is 0 Å². The number of aryl methyl sites for hydroxylation is 2. The number of nitrogens with zero attached hydrogens (tertiary/aromatic N) is 1. The third-order valence-electron chi connectivity index (χ3n) is 4.76. The largest absolute Gasteiger partial charge is 0.310 e. The van der Waals surface area contributed by atoms with Gasteiger partial charge in [-0.05, 0) is 81.5 Å². The quantitative estimate of drug-likeness (QED) is 0.841. The molecule has 0 amide bonds. The van der Waals surface area contributed by atoms with Crippen LogP contribution < -0.4 is 5.32 Å². The van der Waals surface area contributed by atoms with E-state index >= 15 is 0 Å². The van der Waals surface area contributed by atoms with Crippen molar-refractivity contribution in [2.45, 2.75) is 66.3 Å². The second-order valence-electron chi connectivity index (χ2n) is 7.29. The molecule has 1 saturated carbocycles. The fourth-order valence-electron chi connectivity index (χ4n) is 4.18. The Morgan fingerprint density at radius 1 is 1.10 bits per heavy atom. The van der Waals surface area contributed by atoms with E-state index in [0.717, 1.165) is 35.7 Å². The van der Waals surface area contributed by atoms with Crippen molar-refractivity contribution in [3.63, 3.8) is 0 Å². The average Bonchev–Trinajstić information content (AvgIpc) is 2.37. The molecule has 3 unspecified atom stereocenters. The highest BCUT2D eigenvalue weighted by Crippen LogP contribution is 2.40. The van der Waals surface area contributed by atoms with Gasteiger partial charge in [-0.1, -0.05) is 20.8 Å². The summed E-state index contributed by atoms with van der Waals surface area (Å²) >= 11 is 0. The summed E-state index contributed by atoms with van der Waals surface area (Å²) in [7, 11) is 0. The zero-order chi connectivity index (χ0) is 15.4. The van der Waals surface area contributed by atoms with Gasteiger partial charge in [0.1, 0.15) is 0 Å². The molecule has 3 atom stereocenters. The molecule has 1 aromatic rings. The molecule has 1 fully saturated rings. The Morgan fingerprint density at radius 3 is 2.19 bits per heavy atom. The maximum Gasteiger partial charge on any atom is 0.0379 e. The molecule has 0 aromatic carbocycles. The van der Waals surface area contributed by atoms with Gasteiger partial charge in [-0.25, -0.2) is 0 Å². The summed E-state index contributed by atoms with van der Waals surface area (Å²) in [4.78, 5) is 4.54. The van der Waals surface area contributed by atoms with Gasteiger partial charge in [-0.15, -0.1) is 0 Å². The molecule has 2 nitrogen and oxygen atoms in total. The summed E-state index contributed by atoms with van der Waals surface area (Å²) in [5.74, 6) is 2.47. The molecule has 0 aliphatic heterocycles. The van der Waals surface area contributed by atoms with Crippen LogP contribution in [0.4, 0.5) is 0 Å². The molecule has 0 saturated heterocycles. The van der Waals surface area contributed by atoms with Crippen LogP contribution in [0.2, 0.25) is 0 Å². The molecule has 1 aliphatic rings. The Morgan fingerprint density at radius 2 is 1.67 bits per heavy atom. The van der Waals surface area contributed by atoms with Crippen LogP contribution in [0.1, 0.15) is 69.4 Å². The second-order valence-corrected chi connectivity index (χ2v) is 7.29. The van der Waals surface area contributed by atoms with Crippen molar-refractivity contribution in [1.29, 1.82) is 0 Å². The van der Waals surface area contributed by atoms with E-state index in [9.17, 15) is 0 Å². The summed E-state index contributed by atoms with van der Waals surface area (Å²) in [6.07, 6.45) is 5.29. The van der Waals surface area contributed by atoms with E-state index in [4.69, 9.17) is 0 Å². The van der Waals surface area contributed by atoms with Crippen LogP contribution in [0, 0.1) is 31.6 Å². The summed E-state index contributed by atoms with van der Waals surface area (Å²) < 4.78 is 0. The minimum Gasteiger partial charge on any atom is -0.310 e. The SMILES string of the molecule is CCCNC(c1cc(C)nc(C)c1)C1CC(C)CC(C)C1. The molecule has 0 spiro atoms. The normalized spacial score (nSPS) is 27.6. The van der Waals surface area contributed by atoms with Crippen molar-refractivity contribution in [1.82, 2.24) is 10.3 Å². The Hall–Kier alpha value is -0.890. The summed E-state index contributed by atoms with van der Waals surface area (Å²) in [5, 5.41) is 3.82. The minimum atomic E-state index is 0.496.